The summed E-state index contributed by atoms with van der Waals surface area (Å²) >= 11 is 0. The van der Waals surface area contributed by atoms with E-state index >= 15 is 0 Å². The van der Waals surface area contributed by atoms with Crippen LogP contribution in [0.15, 0.2) is 0 Å². The quantitative estimate of drug-likeness (QED) is 0.321. The molecule has 2 saturated carbocycles. The molecule has 10 rings (SSSR count). The molecule has 0 aromatic carbocycles. The van der Waals surface area contributed by atoms with Gasteiger partial charge in [0.1, 0.15) is 0 Å². The first-order valence-electron chi connectivity index (χ1n) is 16.6. The molecule has 10 fully saturated rings. The Hall–Kier alpha value is -0.890. The van der Waals surface area contributed by atoms with Crippen LogP contribution in [0.3, 0.4) is 0 Å². The number of fused-ring (bicyclic) bond motifs is 4. The summed E-state index contributed by atoms with van der Waals surface area (Å²) in [5, 5.41) is 10.2. The third-order valence-electron chi connectivity index (χ3n) is 12.5. The van der Waals surface area contributed by atoms with Crippen LogP contribution in [0.2, 0.25) is 0 Å². The minimum absolute atomic E-state index is 0.0379. The second-order valence-corrected chi connectivity index (χ2v) is 15.2. The van der Waals surface area contributed by atoms with E-state index in [1.807, 2.05) is 20.8 Å². The Balaban J connectivity index is 0.000000141. The Labute approximate surface area is 254 Å². The van der Waals surface area contributed by atoms with Crippen LogP contribution in [0.25, 0.3) is 0 Å². The van der Waals surface area contributed by atoms with Crippen molar-refractivity contribution in [3.05, 3.63) is 0 Å². The molecule has 8 heterocycles. The van der Waals surface area contributed by atoms with E-state index < -0.39 is 47.9 Å². The molecule has 0 aromatic heterocycles. The summed E-state index contributed by atoms with van der Waals surface area (Å²) in [6.45, 7) is 13.9. The average molecular weight is 611 g/mol. The summed E-state index contributed by atoms with van der Waals surface area (Å²) in [5.74, 6) is 0.402. The van der Waals surface area contributed by atoms with E-state index in [-0.39, 0.29) is 29.6 Å². The molecule has 5 unspecified atom stereocenters. The van der Waals surface area contributed by atoms with Crippen molar-refractivity contribution >= 4 is 5.97 Å². The predicted octanol–water partition coefficient (Wildman–Crippen LogP) is 4.94. The van der Waals surface area contributed by atoms with Gasteiger partial charge in [-0.15, -0.1) is 0 Å². The summed E-state index contributed by atoms with van der Waals surface area (Å²) in [7, 11) is 0. The molecule has 0 radical (unpaired) electrons. The van der Waals surface area contributed by atoms with Crippen molar-refractivity contribution in [2.45, 2.75) is 148 Å². The lowest BCUT2D eigenvalue weighted by Crippen LogP contribution is -2.70. The van der Waals surface area contributed by atoms with Crippen LogP contribution in [0.5, 0.6) is 0 Å². The topological polar surface area (TPSA) is 120 Å². The van der Waals surface area contributed by atoms with Crippen molar-refractivity contribution in [2.24, 2.45) is 47.3 Å². The van der Waals surface area contributed by atoms with E-state index in [0.29, 0.717) is 23.7 Å². The second-order valence-electron chi connectivity index (χ2n) is 15.2. The number of aliphatic hydroxyl groups is 1. The fourth-order valence-corrected chi connectivity index (χ4v) is 10.1. The molecule has 11 heteroatoms. The van der Waals surface area contributed by atoms with Gasteiger partial charge in [-0.3, -0.25) is 4.79 Å². The monoisotopic (exact) mass is 610 g/mol. The van der Waals surface area contributed by atoms with Gasteiger partial charge in [0.15, 0.2) is 30.1 Å². The van der Waals surface area contributed by atoms with Crippen molar-refractivity contribution in [2.75, 3.05) is 0 Å². The lowest BCUT2D eigenvalue weighted by atomic mass is 9.58. The minimum atomic E-state index is -0.793. The summed E-state index contributed by atoms with van der Waals surface area (Å²) in [6.07, 6.45) is 5.50. The van der Waals surface area contributed by atoms with Gasteiger partial charge in [0, 0.05) is 43.4 Å². The van der Waals surface area contributed by atoms with Crippen LogP contribution < -0.4 is 0 Å². The molecular weight excluding hydrogens is 560 g/mol. The molecule has 244 valence electrons. The van der Waals surface area contributed by atoms with Gasteiger partial charge in [0.05, 0.1) is 0 Å². The molecule has 43 heavy (non-hydrogen) atoms. The number of carbonyl (C=O) groups is 1. The number of esters is 1. The first-order chi connectivity index (χ1) is 20.3. The highest BCUT2D eigenvalue weighted by atomic mass is 17.3. The standard InChI is InChI=1S/C17H26O6.C15H24O5/c1-9-5-6-13-10(2)14(19-11(3)18)20-15-17(13)12(9)7-8-16(4,21-15)22-23-17;1-8-4-5-11-9(2)12(16)17-13-15(11)10(8)6-7-14(3,18-13)19-20-15/h9-10,12-15H,5-8H2,1-4H3;8-13,16H,4-7H2,1-3H3/t9-,10-,12?,13?,14-,15-,16-,17-;8-,9-,10?,11?,12?,13-,14-,15-/m11/s1. The SMILES string of the molecule is CC(=O)O[C@@H]1O[C@@H]2O[C@@]3(C)CCC4[C@H](C)CCC([C@H]1C)[C@]42OO3.C[C@H]1C(O)O[C@@H]2O[C@@]3(C)CCC4[C@H](C)CCC1[C@]42OO3. The maximum Gasteiger partial charge on any atom is 0.304 e. The predicted molar refractivity (Wildman–Crippen MR) is 148 cm³/mol. The van der Waals surface area contributed by atoms with Crippen molar-refractivity contribution < 1.29 is 53.1 Å². The molecular formula is C32H50O11. The number of hydrogen-bond acceptors (Lipinski definition) is 11. The molecule has 1 N–H and O–H groups in total. The summed E-state index contributed by atoms with van der Waals surface area (Å²) in [5.41, 5.74) is -1.14. The van der Waals surface area contributed by atoms with Crippen LogP contribution in [-0.4, -0.2) is 59.0 Å². The minimum Gasteiger partial charge on any atom is -0.436 e. The third kappa shape index (κ3) is 4.58. The van der Waals surface area contributed by atoms with Crippen molar-refractivity contribution in [3.8, 4) is 0 Å². The van der Waals surface area contributed by atoms with Crippen LogP contribution in [0.4, 0.5) is 0 Å². The van der Waals surface area contributed by atoms with Crippen LogP contribution in [0.1, 0.15) is 99.8 Å². The zero-order valence-electron chi connectivity index (χ0n) is 26.6. The molecule has 10 aliphatic rings. The van der Waals surface area contributed by atoms with E-state index in [9.17, 15) is 9.90 Å². The Morgan fingerprint density at radius 2 is 1.16 bits per heavy atom. The second kappa shape index (κ2) is 10.6. The van der Waals surface area contributed by atoms with Gasteiger partial charge in [0.2, 0.25) is 17.9 Å². The number of rotatable bonds is 1. The Morgan fingerprint density at radius 1 is 0.674 bits per heavy atom. The van der Waals surface area contributed by atoms with Gasteiger partial charge in [0.25, 0.3) is 0 Å². The number of aliphatic hydroxyl groups excluding tert-OH is 1. The molecule has 2 aliphatic carbocycles. The van der Waals surface area contributed by atoms with E-state index in [1.165, 1.54) is 13.3 Å². The summed E-state index contributed by atoms with van der Waals surface area (Å²) < 4.78 is 29.5. The molecule has 2 spiro atoms. The van der Waals surface area contributed by atoms with Gasteiger partial charge < -0.3 is 28.8 Å². The number of hydrogen-bond donors (Lipinski definition) is 1. The fraction of sp³-hybridized carbons (Fsp3) is 0.969. The zero-order chi connectivity index (χ0) is 30.5. The normalized spacial score (nSPS) is 58.1. The Bertz CT molecular complexity index is 1090. The lowest BCUT2D eigenvalue weighted by molar-refractivity contribution is -0.576. The third-order valence-corrected chi connectivity index (χ3v) is 12.5. The Kier molecular flexibility index (Phi) is 7.56. The van der Waals surface area contributed by atoms with Crippen LogP contribution >= 0.6 is 0 Å². The number of ether oxygens (including phenoxy) is 5. The van der Waals surface area contributed by atoms with Crippen LogP contribution in [0, 0.1) is 47.3 Å². The summed E-state index contributed by atoms with van der Waals surface area (Å²) in [6, 6.07) is 0. The van der Waals surface area contributed by atoms with Crippen molar-refractivity contribution in [1.29, 1.82) is 0 Å². The Morgan fingerprint density at radius 3 is 1.67 bits per heavy atom. The molecule has 8 saturated heterocycles. The van der Waals surface area contributed by atoms with E-state index in [0.717, 1.165) is 44.9 Å². The highest BCUT2D eigenvalue weighted by molar-refractivity contribution is 5.66. The van der Waals surface area contributed by atoms with Crippen LogP contribution in [-0.2, 0) is 48.0 Å². The molecule has 16 atom stereocenters. The highest BCUT2D eigenvalue weighted by Gasteiger charge is 2.71. The zero-order valence-corrected chi connectivity index (χ0v) is 26.6. The van der Waals surface area contributed by atoms with Crippen molar-refractivity contribution in [1.82, 2.24) is 0 Å². The largest absolute Gasteiger partial charge is 0.436 e. The maximum atomic E-state index is 11.4. The summed E-state index contributed by atoms with van der Waals surface area (Å²) in [4.78, 5) is 34.8. The molecule has 0 aromatic rings. The lowest BCUT2D eigenvalue weighted by Gasteiger charge is -2.59. The van der Waals surface area contributed by atoms with E-state index in [4.69, 9.17) is 43.2 Å². The van der Waals surface area contributed by atoms with Gasteiger partial charge >= 0.3 is 5.97 Å². The number of carbonyl (C=O) groups excluding carboxylic acids is 1. The van der Waals surface area contributed by atoms with Gasteiger partial charge in [-0.25, -0.2) is 19.6 Å². The first kappa shape index (κ1) is 30.7. The maximum absolute atomic E-state index is 11.4. The van der Waals surface area contributed by atoms with Crippen molar-refractivity contribution in [3.63, 3.8) is 0 Å². The van der Waals surface area contributed by atoms with Gasteiger partial charge in [-0.1, -0.05) is 27.7 Å². The highest BCUT2D eigenvalue weighted by Crippen LogP contribution is 2.62. The van der Waals surface area contributed by atoms with E-state index in [1.54, 1.807) is 0 Å². The average Bonchev–Trinajstić information content (AvgIpc) is 3.32. The fourth-order valence-electron chi connectivity index (χ4n) is 10.1. The van der Waals surface area contributed by atoms with E-state index in [2.05, 4.69) is 20.8 Å². The molecule has 0 amide bonds. The van der Waals surface area contributed by atoms with Gasteiger partial charge in [-0.2, -0.15) is 0 Å². The smallest absolute Gasteiger partial charge is 0.304 e. The molecule has 8 aliphatic heterocycles. The molecule has 4 bridgehead atoms. The molecule has 11 nitrogen and oxygen atoms in total. The van der Waals surface area contributed by atoms with Gasteiger partial charge in [-0.05, 0) is 76.0 Å². The first-order valence-corrected chi connectivity index (χ1v) is 16.6.